The maximum Gasteiger partial charge on any atom is 0.228 e. The molecule has 0 bridgehead atoms. The Hall–Kier alpha value is -0.510. The van der Waals surface area contributed by atoms with Crippen LogP contribution in [-0.4, -0.2) is 16.0 Å². The van der Waals surface area contributed by atoms with Crippen LogP contribution in [0.2, 0.25) is 0 Å². The summed E-state index contributed by atoms with van der Waals surface area (Å²) >= 11 is 1.79. The van der Waals surface area contributed by atoms with Crippen LogP contribution < -0.4 is 0 Å². The van der Waals surface area contributed by atoms with Crippen LogP contribution in [0.15, 0.2) is 10.8 Å². The monoisotopic (exact) mass is 158 g/mol. The second-order valence-corrected chi connectivity index (χ2v) is 3.49. The highest BCUT2D eigenvalue weighted by Gasteiger charge is 2.08. The van der Waals surface area contributed by atoms with Crippen LogP contribution >= 0.6 is 11.8 Å². The van der Waals surface area contributed by atoms with Crippen molar-refractivity contribution < 1.29 is 4.42 Å². The first-order valence-electron chi connectivity index (χ1n) is 3.22. The van der Waals surface area contributed by atoms with E-state index < -0.39 is 0 Å². The highest BCUT2D eigenvalue weighted by Crippen LogP contribution is 2.25. The van der Waals surface area contributed by atoms with Crippen molar-refractivity contribution in [3.63, 3.8) is 0 Å². The first-order valence-corrected chi connectivity index (χ1v) is 4.27. The molecule has 1 unspecified atom stereocenters. The second-order valence-electron chi connectivity index (χ2n) is 1.87. The van der Waals surface area contributed by atoms with Gasteiger partial charge in [0.05, 0.1) is 5.25 Å². The van der Waals surface area contributed by atoms with E-state index in [-0.39, 0.29) is 0 Å². The quantitative estimate of drug-likeness (QED) is 0.673. The molecule has 1 atom stereocenters. The van der Waals surface area contributed by atoms with Crippen molar-refractivity contribution >= 4 is 11.8 Å². The van der Waals surface area contributed by atoms with Crippen molar-refractivity contribution in [1.29, 1.82) is 0 Å². The molecule has 0 fully saturated rings. The molecule has 0 spiro atoms. The normalized spacial score (nSPS) is 13.4. The van der Waals surface area contributed by atoms with Gasteiger partial charge in [0.15, 0.2) is 0 Å². The van der Waals surface area contributed by atoms with Gasteiger partial charge < -0.3 is 4.42 Å². The fourth-order valence-electron chi connectivity index (χ4n) is 0.680. The minimum absolute atomic E-state index is 0.326. The van der Waals surface area contributed by atoms with Crippen LogP contribution in [0, 0.1) is 0 Å². The lowest BCUT2D eigenvalue weighted by Gasteiger charge is -2.01. The SMILES string of the molecule is CCSC(C)c1nnco1. The zero-order chi connectivity index (χ0) is 7.40. The van der Waals surface area contributed by atoms with Crippen molar-refractivity contribution in [3.8, 4) is 0 Å². The fraction of sp³-hybridized carbons (Fsp3) is 0.667. The summed E-state index contributed by atoms with van der Waals surface area (Å²) in [6, 6.07) is 0. The molecule has 0 amide bonds. The lowest BCUT2D eigenvalue weighted by atomic mass is 10.5. The van der Waals surface area contributed by atoms with Gasteiger partial charge in [-0.25, -0.2) is 0 Å². The highest BCUT2D eigenvalue weighted by molar-refractivity contribution is 7.99. The van der Waals surface area contributed by atoms with Gasteiger partial charge in [-0.3, -0.25) is 0 Å². The van der Waals surface area contributed by atoms with Gasteiger partial charge in [0.2, 0.25) is 12.3 Å². The van der Waals surface area contributed by atoms with E-state index in [4.69, 9.17) is 4.42 Å². The first kappa shape index (κ1) is 7.60. The van der Waals surface area contributed by atoms with E-state index in [0.717, 1.165) is 5.75 Å². The molecule has 0 radical (unpaired) electrons. The number of hydrogen-bond acceptors (Lipinski definition) is 4. The van der Waals surface area contributed by atoms with E-state index in [1.54, 1.807) is 11.8 Å². The van der Waals surface area contributed by atoms with Crippen LogP contribution in [0.25, 0.3) is 0 Å². The molecule has 0 aliphatic carbocycles. The standard InChI is InChI=1S/C6H10N2OS/c1-3-10-5(2)6-8-7-4-9-6/h4-5H,3H2,1-2H3. The molecule has 0 aliphatic heterocycles. The van der Waals surface area contributed by atoms with E-state index in [9.17, 15) is 0 Å². The third-order valence-electron chi connectivity index (χ3n) is 1.14. The van der Waals surface area contributed by atoms with Gasteiger partial charge in [-0.2, -0.15) is 0 Å². The van der Waals surface area contributed by atoms with Gasteiger partial charge in [0, 0.05) is 0 Å². The Morgan fingerprint density at radius 3 is 3.10 bits per heavy atom. The molecule has 0 N–H and O–H groups in total. The summed E-state index contributed by atoms with van der Waals surface area (Å²) in [5.74, 6) is 1.79. The number of thioether (sulfide) groups is 1. The number of hydrogen-bond donors (Lipinski definition) is 0. The van der Waals surface area contributed by atoms with Gasteiger partial charge in [0.1, 0.15) is 0 Å². The Morgan fingerprint density at radius 1 is 1.80 bits per heavy atom. The van der Waals surface area contributed by atoms with Gasteiger partial charge >= 0.3 is 0 Å². The summed E-state index contributed by atoms with van der Waals surface area (Å²) in [7, 11) is 0. The molecule has 1 aromatic rings. The van der Waals surface area contributed by atoms with Crippen LogP contribution in [0.3, 0.4) is 0 Å². The lowest BCUT2D eigenvalue weighted by molar-refractivity contribution is 0.496. The predicted octanol–water partition coefficient (Wildman–Crippen LogP) is 1.88. The van der Waals surface area contributed by atoms with Gasteiger partial charge in [0.25, 0.3) is 0 Å². The Bertz CT molecular complexity index is 176. The molecule has 10 heavy (non-hydrogen) atoms. The summed E-state index contributed by atoms with van der Waals surface area (Å²) in [6.45, 7) is 4.17. The minimum atomic E-state index is 0.326. The molecule has 56 valence electrons. The fourth-order valence-corrected chi connectivity index (χ4v) is 1.43. The highest BCUT2D eigenvalue weighted by atomic mass is 32.2. The van der Waals surface area contributed by atoms with E-state index in [1.807, 2.05) is 0 Å². The zero-order valence-electron chi connectivity index (χ0n) is 6.07. The summed E-state index contributed by atoms with van der Waals surface area (Å²) in [4.78, 5) is 0. The average Bonchev–Trinajstić information content (AvgIpc) is 2.38. The van der Waals surface area contributed by atoms with Crippen molar-refractivity contribution in [2.45, 2.75) is 19.1 Å². The van der Waals surface area contributed by atoms with E-state index in [1.165, 1.54) is 6.39 Å². The molecule has 1 aromatic heterocycles. The van der Waals surface area contributed by atoms with Gasteiger partial charge in [-0.15, -0.1) is 22.0 Å². The van der Waals surface area contributed by atoms with Crippen LogP contribution in [0.1, 0.15) is 25.0 Å². The molecule has 0 saturated carbocycles. The smallest absolute Gasteiger partial charge is 0.228 e. The number of nitrogens with zero attached hydrogens (tertiary/aromatic N) is 2. The maximum absolute atomic E-state index is 5.00. The third-order valence-corrected chi connectivity index (χ3v) is 2.18. The van der Waals surface area contributed by atoms with Crippen molar-refractivity contribution in [2.24, 2.45) is 0 Å². The summed E-state index contributed by atoms with van der Waals surface area (Å²) < 4.78 is 5.00. The molecule has 0 saturated heterocycles. The van der Waals surface area contributed by atoms with Crippen molar-refractivity contribution in [2.75, 3.05) is 5.75 Å². The molecule has 4 heteroatoms. The predicted molar refractivity (Wildman–Crippen MR) is 40.8 cm³/mol. The van der Waals surface area contributed by atoms with Crippen LogP contribution in [0.5, 0.6) is 0 Å². The second kappa shape index (κ2) is 3.61. The lowest BCUT2D eigenvalue weighted by Crippen LogP contribution is -1.88. The van der Waals surface area contributed by atoms with E-state index in [2.05, 4.69) is 24.0 Å². The van der Waals surface area contributed by atoms with Crippen LogP contribution in [-0.2, 0) is 0 Å². The van der Waals surface area contributed by atoms with Crippen molar-refractivity contribution in [1.82, 2.24) is 10.2 Å². The Balaban J connectivity index is 2.50. The molecule has 1 rings (SSSR count). The summed E-state index contributed by atoms with van der Waals surface area (Å²) in [5, 5.41) is 7.72. The summed E-state index contributed by atoms with van der Waals surface area (Å²) in [6.07, 6.45) is 1.36. The first-order chi connectivity index (χ1) is 4.84. The molecular formula is C6H10N2OS. The Labute approximate surface area is 64.2 Å². The van der Waals surface area contributed by atoms with E-state index in [0.29, 0.717) is 11.1 Å². The molecule has 1 heterocycles. The number of rotatable bonds is 3. The molecule has 0 aromatic carbocycles. The summed E-state index contributed by atoms with van der Waals surface area (Å²) in [5.41, 5.74) is 0. The average molecular weight is 158 g/mol. The topological polar surface area (TPSA) is 38.9 Å². The Morgan fingerprint density at radius 2 is 2.60 bits per heavy atom. The van der Waals surface area contributed by atoms with E-state index >= 15 is 0 Å². The molecule has 0 aliphatic rings. The Kier molecular flexibility index (Phi) is 2.74. The maximum atomic E-state index is 5.00. The van der Waals surface area contributed by atoms with Gasteiger partial charge in [-0.05, 0) is 12.7 Å². The third kappa shape index (κ3) is 1.73. The van der Waals surface area contributed by atoms with Gasteiger partial charge in [-0.1, -0.05) is 6.92 Å². The molecular weight excluding hydrogens is 148 g/mol. The zero-order valence-corrected chi connectivity index (χ0v) is 6.89. The number of aromatic nitrogens is 2. The van der Waals surface area contributed by atoms with Crippen molar-refractivity contribution in [3.05, 3.63) is 12.3 Å². The van der Waals surface area contributed by atoms with Crippen LogP contribution in [0.4, 0.5) is 0 Å². The largest absolute Gasteiger partial charge is 0.427 e. The molecule has 3 nitrogen and oxygen atoms in total. The minimum Gasteiger partial charge on any atom is -0.427 e.